The Kier molecular flexibility index (Phi) is 13.9. The lowest BCUT2D eigenvalue weighted by Crippen LogP contribution is -2.43. The maximum Gasteiger partial charge on any atom is 0.269 e. The van der Waals surface area contributed by atoms with Gasteiger partial charge in [0.15, 0.2) is 5.90 Å². The molecule has 2 heterocycles. The molecule has 0 spiro atoms. The Morgan fingerprint density at radius 3 is 1.38 bits per heavy atom. The number of aliphatic hydroxyl groups excluding tert-OH is 1. The maximum atomic E-state index is 12.6. The molecule has 4 aromatic carbocycles. The van der Waals surface area contributed by atoms with Gasteiger partial charge in [-0.05, 0) is 86.8 Å². The quantitative estimate of drug-likeness (QED) is 0.0556. The highest BCUT2D eigenvalue weighted by molar-refractivity contribution is 6.22. The maximum absolute atomic E-state index is 12.6. The molecule has 4 amide bonds. The minimum absolute atomic E-state index is 0.0192. The van der Waals surface area contributed by atoms with E-state index < -0.39 is 9.85 Å². The molecule has 2 aliphatic heterocycles. The lowest BCUT2D eigenvalue weighted by Gasteiger charge is -2.33. The van der Waals surface area contributed by atoms with Gasteiger partial charge >= 0.3 is 0 Å². The van der Waals surface area contributed by atoms with Gasteiger partial charge in [-0.1, -0.05) is 48.5 Å². The molecule has 4 aromatic rings. The fourth-order valence-electron chi connectivity index (χ4n) is 7.79. The normalized spacial score (nSPS) is 20.6. The summed E-state index contributed by atoms with van der Waals surface area (Å²) in [6, 6.07) is 26.3. The predicted molar refractivity (Wildman–Crippen MR) is 217 cm³/mol. The molecule has 0 atom stereocenters. The van der Waals surface area contributed by atoms with E-state index in [1.54, 1.807) is 72.8 Å². The standard InChI is InChI=1S/C21H20N2O5.C14H15NO3.C9H10N2O3/c24-20-18-6-1-2-7-19(18)21(25)22(20)15-8-10-17(11-9-15)28-13-14-4-3-5-16(12-14)23(26)27;16-10-7-5-9(6-8-10)15-13(17)11-3-1-2-4-12(11)14(15)18;1-7(10)14-6-8-3-2-4-9(5-8)11(12)13/h1-7,12,15,17H,8-11,13H2;1-4,9-10,16H,5-8H2;2-5,10H,6H2,1H3. The Labute approximate surface area is 345 Å². The van der Waals surface area contributed by atoms with Gasteiger partial charge in [0, 0.05) is 43.3 Å². The van der Waals surface area contributed by atoms with Crippen LogP contribution in [0.25, 0.3) is 0 Å². The third kappa shape index (κ3) is 10.1. The molecule has 16 heteroatoms. The number of rotatable bonds is 9. The van der Waals surface area contributed by atoms with Gasteiger partial charge in [0.1, 0.15) is 6.61 Å². The van der Waals surface area contributed by atoms with E-state index >= 15 is 0 Å². The highest BCUT2D eigenvalue weighted by atomic mass is 16.6. The Morgan fingerprint density at radius 2 is 1.00 bits per heavy atom. The summed E-state index contributed by atoms with van der Waals surface area (Å²) in [5, 5.41) is 37.8. The van der Waals surface area contributed by atoms with Crippen molar-refractivity contribution in [3.63, 3.8) is 0 Å². The highest BCUT2D eigenvalue weighted by Crippen LogP contribution is 2.33. The summed E-state index contributed by atoms with van der Waals surface area (Å²) in [7, 11) is 0. The van der Waals surface area contributed by atoms with Crippen molar-refractivity contribution in [2.24, 2.45) is 0 Å². The molecular weight excluding hydrogens is 775 g/mol. The number of non-ortho nitro benzene ring substituents is 2. The zero-order chi connectivity index (χ0) is 42.9. The number of benzene rings is 4. The number of nitro groups is 2. The van der Waals surface area contributed by atoms with Crippen LogP contribution in [0.15, 0.2) is 97.1 Å². The van der Waals surface area contributed by atoms with Crippen LogP contribution >= 0.6 is 0 Å². The number of aliphatic hydroxyl groups is 1. The number of nitrogens with one attached hydrogen (secondary N) is 1. The summed E-state index contributed by atoms with van der Waals surface area (Å²) in [4.78, 5) is 72.9. The molecule has 16 nitrogen and oxygen atoms in total. The molecule has 4 aliphatic rings. The van der Waals surface area contributed by atoms with Gasteiger partial charge in [0.2, 0.25) is 0 Å². The number of amides is 4. The second kappa shape index (κ2) is 19.4. The second-order valence-corrected chi connectivity index (χ2v) is 15.0. The van der Waals surface area contributed by atoms with E-state index in [0.717, 1.165) is 18.4 Å². The molecular formula is C44H45N5O11. The van der Waals surface area contributed by atoms with Crippen LogP contribution in [-0.4, -0.2) is 78.6 Å². The van der Waals surface area contributed by atoms with Crippen molar-refractivity contribution in [1.82, 2.24) is 9.80 Å². The van der Waals surface area contributed by atoms with Gasteiger partial charge in [-0.15, -0.1) is 0 Å². The summed E-state index contributed by atoms with van der Waals surface area (Å²) in [6.07, 6.45) is 5.35. The largest absolute Gasteiger partial charge is 0.477 e. The molecule has 0 radical (unpaired) electrons. The summed E-state index contributed by atoms with van der Waals surface area (Å²) in [5.41, 5.74) is 3.52. The van der Waals surface area contributed by atoms with Gasteiger partial charge in [-0.25, -0.2) is 0 Å². The van der Waals surface area contributed by atoms with Crippen molar-refractivity contribution in [3.8, 4) is 0 Å². The van der Waals surface area contributed by atoms with E-state index in [1.165, 1.54) is 41.0 Å². The average Bonchev–Trinajstić information content (AvgIpc) is 3.67. The first-order chi connectivity index (χ1) is 28.8. The van der Waals surface area contributed by atoms with Gasteiger partial charge in [-0.3, -0.25) is 54.6 Å². The molecule has 2 saturated carbocycles. The van der Waals surface area contributed by atoms with Crippen molar-refractivity contribution >= 4 is 40.9 Å². The number of hydrogen-bond donors (Lipinski definition) is 2. The number of ether oxygens (including phenoxy) is 2. The van der Waals surface area contributed by atoms with E-state index in [-0.39, 0.29) is 71.8 Å². The average molecular weight is 820 g/mol. The minimum Gasteiger partial charge on any atom is -0.477 e. The van der Waals surface area contributed by atoms with E-state index in [1.807, 2.05) is 0 Å². The van der Waals surface area contributed by atoms with E-state index in [0.29, 0.717) is 72.9 Å². The monoisotopic (exact) mass is 819 g/mol. The zero-order valence-corrected chi connectivity index (χ0v) is 32.9. The summed E-state index contributed by atoms with van der Waals surface area (Å²) >= 11 is 0. The van der Waals surface area contributed by atoms with Crippen LogP contribution in [-0.2, 0) is 22.7 Å². The van der Waals surface area contributed by atoms with Crippen molar-refractivity contribution in [2.75, 3.05) is 0 Å². The number of imide groups is 2. The molecule has 0 unspecified atom stereocenters. The van der Waals surface area contributed by atoms with Crippen molar-refractivity contribution in [3.05, 3.63) is 151 Å². The predicted octanol–water partition coefficient (Wildman–Crippen LogP) is 7.41. The van der Waals surface area contributed by atoms with Crippen LogP contribution in [0.3, 0.4) is 0 Å². The zero-order valence-electron chi connectivity index (χ0n) is 32.9. The third-order valence-electron chi connectivity index (χ3n) is 10.9. The van der Waals surface area contributed by atoms with Crippen LogP contribution in [0.4, 0.5) is 11.4 Å². The van der Waals surface area contributed by atoms with E-state index in [4.69, 9.17) is 14.9 Å². The SMILES string of the molecule is CC(=N)OCc1cccc([N+](=O)[O-])c1.O=C1c2ccccc2C(=O)N1C1CCC(O)CC1.O=C1c2ccccc2C(=O)N1C1CCC(OCc2cccc([N+](=O)[O-])c2)CC1. The van der Waals surface area contributed by atoms with Crippen LogP contribution in [0, 0.1) is 25.6 Å². The van der Waals surface area contributed by atoms with Crippen LogP contribution in [0.2, 0.25) is 0 Å². The molecule has 0 aromatic heterocycles. The van der Waals surface area contributed by atoms with Crippen LogP contribution in [0.5, 0.6) is 0 Å². The molecule has 60 heavy (non-hydrogen) atoms. The number of hydrogen-bond acceptors (Lipinski definition) is 12. The lowest BCUT2D eigenvalue weighted by molar-refractivity contribution is -0.385. The fraction of sp³-hybridized carbons (Fsp3) is 0.341. The Balaban J connectivity index is 0.000000162. The van der Waals surface area contributed by atoms with Crippen LogP contribution < -0.4 is 0 Å². The van der Waals surface area contributed by atoms with Crippen molar-refractivity contribution in [2.45, 2.75) is 95.8 Å². The number of nitrogens with zero attached hydrogens (tertiary/aromatic N) is 4. The van der Waals surface area contributed by atoms with Gasteiger partial charge < -0.3 is 14.6 Å². The molecule has 0 bridgehead atoms. The van der Waals surface area contributed by atoms with E-state index in [2.05, 4.69) is 0 Å². The summed E-state index contributed by atoms with van der Waals surface area (Å²) < 4.78 is 10.8. The second-order valence-electron chi connectivity index (χ2n) is 15.0. The molecule has 2 fully saturated rings. The number of fused-ring (bicyclic) bond motifs is 2. The van der Waals surface area contributed by atoms with Crippen LogP contribution in [0.1, 0.15) is 111 Å². The summed E-state index contributed by atoms with van der Waals surface area (Å²) in [6.45, 7) is 2.01. The smallest absolute Gasteiger partial charge is 0.269 e. The Morgan fingerprint density at radius 1 is 0.617 bits per heavy atom. The molecule has 2 aliphatic carbocycles. The van der Waals surface area contributed by atoms with Crippen molar-refractivity contribution in [1.29, 1.82) is 5.41 Å². The van der Waals surface area contributed by atoms with Gasteiger partial charge in [0.05, 0.1) is 50.9 Å². The highest BCUT2D eigenvalue weighted by Gasteiger charge is 2.42. The molecule has 312 valence electrons. The Bertz CT molecular complexity index is 2210. The minimum atomic E-state index is -0.458. The number of carbonyl (C=O) groups is 4. The topological polar surface area (TPSA) is 224 Å². The fourth-order valence-corrected chi connectivity index (χ4v) is 7.79. The number of nitro benzene ring substituents is 2. The Hall–Kier alpha value is -6.65. The first-order valence-corrected chi connectivity index (χ1v) is 19.7. The lowest BCUT2D eigenvalue weighted by atomic mass is 9.92. The summed E-state index contributed by atoms with van der Waals surface area (Å²) in [5.74, 6) is -0.686. The molecule has 8 rings (SSSR count). The molecule has 2 N–H and O–H groups in total. The van der Waals surface area contributed by atoms with Crippen molar-refractivity contribution < 1.29 is 43.6 Å². The third-order valence-corrected chi connectivity index (χ3v) is 10.9. The number of carbonyl (C=O) groups excluding carboxylic acids is 4. The van der Waals surface area contributed by atoms with Gasteiger partial charge in [-0.2, -0.15) is 0 Å². The first-order valence-electron chi connectivity index (χ1n) is 19.7. The van der Waals surface area contributed by atoms with Gasteiger partial charge in [0.25, 0.3) is 35.0 Å². The first kappa shape index (κ1) is 42.9. The van der Waals surface area contributed by atoms with E-state index in [9.17, 15) is 44.5 Å². The molecule has 0 saturated heterocycles.